The van der Waals surface area contributed by atoms with Gasteiger partial charge < -0.3 is 14.7 Å². The van der Waals surface area contributed by atoms with Crippen LogP contribution >= 0.6 is 11.8 Å². The van der Waals surface area contributed by atoms with E-state index in [1.165, 1.54) is 0 Å². The number of carboxylic acid groups (broad SMARTS) is 1. The Morgan fingerprint density at radius 2 is 2.10 bits per heavy atom. The third kappa shape index (κ3) is 2.48. The number of carboxylic acids is 1. The zero-order chi connectivity index (χ0) is 14.3. The van der Waals surface area contributed by atoms with Gasteiger partial charge in [0.25, 0.3) is 0 Å². The Labute approximate surface area is 122 Å². The molecule has 6 nitrogen and oxygen atoms in total. The SMILES string of the molecule is CC1COCCN1C(=O)N1C(C(=O)O)CSC1C1CC1. The normalized spacial score (nSPS) is 34.4. The molecule has 0 spiro atoms. The molecule has 7 heteroatoms. The first-order valence-electron chi connectivity index (χ1n) is 7.10. The molecule has 0 bridgehead atoms. The molecule has 20 heavy (non-hydrogen) atoms. The minimum Gasteiger partial charge on any atom is -0.480 e. The number of ether oxygens (including phenoxy) is 1. The number of morpholine rings is 1. The van der Waals surface area contributed by atoms with Crippen molar-refractivity contribution in [3.63, 3.8) is 0 Å². The summed E-state index contributed by atoms with van der Waals surface area (Å²) >= 11 is 1.62. The minimum absolute atomic E-state index is 0.0103. The molecule has 0 aromatic heterocycles. The van der Waals surface area contributed by atoms with Crippen LogP contribution in [0.4, 0.5) is 4.79 Å². The van der Waals surface area contributed by atoms with Crippen LogP contribution in [0, 0.1) is 5.92 Å². The Kier molecular flexibility index (Phi) is 3.81. The molecule has 2 amide bonds. The van der Waals surface area contributed by atoms with Gasteiger partial charge in [-0.15, -0.1) is 11.8 Å². The van der Waals surface area contributed by atoms with Crippen LogP contribution in [-0.4, -0.2) is 69.9 Å². The van der Waals surface area contributed by atoms with Gasteiger partial charge >= 0.3 is 12.0 Å². The molecule has 2 heterocycles. The van der Waals surface area contributed by atoms with Gasteiger partial charge in [-0.25, -0.2) is 9.59 Å². The van der Waals surface area contributed by atoms with Crippen LogP contribution in [0.5, 0.6) is 0 Å². The summed E-state index contributed by atoms with van der Waals surface area (Å²) in [5.74, 6) is 0.0839. The summed E-state index contributed by atoms with van der Waals surface area (Å²) in [5.41, 5.74) is 0. The summed E-state index contributed by atoms with van der Waals surface area (Å²) in [6.45, 7) is 3.55. The van der Waals surface area contributed by atoms with Gasteiger partial charge in [-0.1, -0.05) is 0 Å². The van der Waals surface area contributed by atoms with Gasteiger partial charge in [0.05, 0.1) is 24.6 Å². The Morgan fingerprint density at radius 1 is 1.35 bits per heavy atom. The lowest BCUT2D eigenvalue weighted by atomic mass is 10.2. The lowest BCUT2D eigenvalue weighted by molar-refractivity contribution is -0.141. The molecule has 112 valence electrons. The van der Waals surface area contributed by atoms with E-state index < -0.39 is 12.0 Å². The smallest absolute Gasteiger partial charge is 0.327 e. The van der Waals surface area contributed by atoms with Gasteiger partial charge in [-0.2, -0.15) is 0 Å². The maximum absolute atomic E-state index is 12.8. The van der Waals surface area contributed by atoms with E-state index >= 15 is 0 Å². The monoisotopic (exact) mass is 300 g/mol. The molecule has 3 atom stereocenters. The topological polar surface area (TPSA) is 70.1 Å². The van der Waals surface area contributed by atoms with E-state index in [-0.39, 0.29) is 17.4 Å². The highest BCUT2D eigenvalue weighted by atomic mass is 32.2. The van der Waals surface area contributed by atoms with Crippen LogP contribution < -0.4 is 0 Å². The Balaban J connectivity index is 1.79. The molecule has 3 rings (SSSR count). The molecule has 3 aliphatic rings. The number of carbonyl (C=O) groups is 2. The second-order valence-corrected chi connectivity index (χ2v) is 6.87. The highest BCUT2D eigenvalue weighted by Crippen LogP contribution is 2.45. The van der Waals surface area contributed by atoms with Crippen molar-refractivity contribution in [1.29, 1.82) is 0 Å². The fourth-order valence-electron chi connectivity index (χ4n) is 2.86. The average Bonchev–Trinajstić information content (AvgIpc) is 3.17. The second-order valence-electron chi connectivity index (χ2n) is 5.72. The number of rotatable bonds is 2. The van der Waals surface area contributed by atoms with Gasteiger partial charge in [0.2, 0.25) is 0 Å². The maximum Gasteiger partial charge on any atom is 0.327 e. The second kappa shape index (κ2) is 5.44. The van der Waals surface area contributed by atoms with E-state index in [0.29, 0.717) is 31.4 Å². The summed E-state index contributed by atoms with van der Waals surface area (Å²) in [7, 11) is 0. The van der Waals surface area contributed by atoms with E-state index in [4.69, 9.17) is 4.74 Å². The van der Waals surface area contributed by atoms with E-state index in [1.807, 2.05) is 6.92 Å². The summed E-state index contributed by atoms with van der Waals surface area (Å²) in [6, 6.07) is -0.806. The van der Waals surface area contributed by atoms with Crippen molar-refractivity contribution in [3.8, 4) is 0 Å². The molecule has 0 aromatic rings. The van der Waals surface area contributed by atoms with Crippen molar-refractivity contribution in [3.05, 3.63) is 0 Å². The third-order valence-electron chi connectivity index (χ3n) is 4.18. The molecule has 0 aromatic carbocycles. The van der Waals surface area contributed by atoms with Crippen LogP contribution in [0.15, 0.2) is 0 Å². The average molecular weight is 300 g/mol. The highest BCUT2D eigenvalue weighted by molar-refractivity contribution is 8.00. The molecular formula is C13H20N2O4S. The number of nitrogens with zero attached hydrogens (tertiary/aromatic N) is 2. The molecule has 1 saturated carbocycles. The fraction of sp³-hybridized carbons (Fsp3) is 0.846. The fourth-order valence-corrected chi connectivity index (χ4v) is 4.49. The van der Waals surface area contributed by atoms with Crippen molar-refractivity contribution >= 4 is 23.8 Å². The zero-order valence-electron chi connectivity index (χ0n) is 11.5. The lowest BCUT2D eigenvalue weighted by Gasteiger charge is -2.38. The van der Waals surface area contributed by atoms with Crippen molar-refractivity contribution in [1.82, 2.24) is 9.80 Å². The maximum atomic E-state index is 12.8. The van der Waals surface area contributed by atoms with Crippen LogP contribution in [-0.2, 0) is 9.53 Å². The quantitative estimate of drug-likeness (QED) is 0.826. The Morgan fingerprint density at radius 3 is 2.70 bits per heavy atom. The number of thioether (sulfide) groups is 1. The lowest BCUT2D eigenvalue weighted by Crippen LogP contribution is -2.57. The molecule has 2 saturated heterocycles. The standard InChI is InChI=1S/C13H20N2O4S/c1-8-6-19-5-4-14(8)13(18)15-10(12(16)17)7-20-11(15)9-2-3-9/h8-11H,2-7H2,1H3,(H,16,17). The summed E-state index contributed by atoms with van der Waals surface area (Å²) < 4.78 is 5.35. The van der Waals surface area contributed by atoms with Crippen LogP contribution in [0.25, 0.3) is 0 Å². The molecule has 2 aliphatic heterocycles. The van der Waals surface area contributed by atoms with Crippen LogP contribution in [0.3, 0.4) is 0 Å². The predicted molar refractivity (Wildman–Crippen MR) is 74.6 cm³/mol. The summed E-state index contributed by atoms with van der Waals surface area (Å²) in [6.07, 6.45) is 2.21. The molecule has 3 fully saturated rings. The van der Waals surface area contributed by atoms with Gasteiger partial charge in [0, 0.05) is 12.3 Å². The number of hydrogen-bond donors (Lipinski definition) is 1. The molecule has 0 radical (unpaired) electrons. The first kappa shape index (κ1) is 14.0. The third-order valence-corrected chi connectivity index (χ3v) is 5.64. The van der Waals surface area contributed by atoms with Crippen molar-refractivity contribution in [2.75, 3.05) is 25.5 Å². The number of aliphatic carboxylic acids is 1. The highest BCUT2D eigenvalue weighted by Gasteiger charge is 2.49. The Hall–Kier alpha value is -0.950. The number of amides is 2. The van der Waals surface area contributed by atoms with E-state index in [2.05, 4.69) is 0 Å². The van der Waals surface area contributed by atoms with E-state index in [0.717, 1.165) is 12.8 Å². The molecule has 3 unspecified atom stereocenters. The van der Waals surface area contributed by atoms with Gasteiger partial charge in [-0.3, -0.25) is 4.90 Å². The number of hydrogen-bond acceptors (Lipinski definition) is 4. The van der Waals surface area contributed by atoms with Gasteiger partial charge in [0.1, 0.15) is 6.04 Å². The van der Waals surface area contributed by atoms with Gasteiger partial charge in [-0.05, 0) is 25.7 Å². The minimum atomic E-state index is -0.894. The van der Waals surface area contributed by atoms with Crippen molar-refractivity contribution < 1.29 is 19.4 Å². The largest absolute Gasteiger partial charge is 0.480 e. The number of carbonyl (C=O) groups excluding carboxylic acids is 1. The van der Waals surface area contributed by atoms with Crippen LogP contribution in [0.2, 0.25) is 0 Å². The van der Waals surface area contributed by atoms with Crippen LogP contribution in [0.1, 0.15) is 19.8 Å². The summed E-state index contributed by atoms with van der Waals surface area (Å²) in [4.78, 5) is 27.6. The number of urea groups is 1. The molecule has 1 N–H and O–H groups in total. The first-order valence-corrected chi connectivity index (χ1v) is 8.15. The van der Waals surface area contributed by atoms with E-state index in [1.54, 1.807) is 21.6 Å². The van der Waals surface area contributed by atoms with Crippen molar-refractivity contribution in [2.24, 2.45) is 5.92 Å². The van der Waals surface area contributed by atoms with E-state index in [9.17, 15) is 14.7 Å². The van der Waals surface area contributed by atoms with Gasteiger partial charge in [0.15, 0.2) is 0 Å². The first-order chi connectivity index (χ1) is 9.59. The zero-order valence-corrected chi connectivity index (χ0v) is 12.3. The summed E-state index contributed by atoms with van der Waals surface area (Å²) in [5, 5.41) is 9.41. The molecule has 1 aliphatic carbocycles. The Bertz CT molecular complexity index is 415. The molecular weight excluding hydrogens is 280 g/mol. The predicted octanol–water partition coefficient (Wildman–Crippen LogP) is 1.07. The van der Waals surface area contributed by atoms with Crippen molar-refractivity contribution in [2.45, 2.75) is 37.2 Å².